The molecule has 2 unspecified atom stereocenters. The summed E-state index contributed by atoms with van der Waals surface area (Å²) in [6.45, 7) is 10.8. The average Bonchev–Trinajstić information content (AvgIpc) is 2.31. The molecule has 1 aromatic carbocycles. The highest BCUT2D eigenvalue weighted by molar-refractivity contribution is 7.99. The maximum absolute atomic E-state index is 9.61. The van der Waals surface area contributed by atoms with E-state index in [2.05, 4.69) is 64.2 Å². The Morgan fingerprint density at radius 3 is 2.26 bits per heavy atom. The number of thioether (sulfide) groups is 1. The molecule has 0 heterocycles. The van der Waals surface area contributed by atoms with Gasteiger partial charge in [-0.25, -0.2) is 0 Å². The molecule has 1 rings (SSSR count). The van der Waals surface area contributed by atoms with Crippen molar-refractivity contribution in [1.29, 1.82) is 0 Å². The zero-order valence-electron chi connectivity index (χ0n) is 12.7. The van der Waals surface area contributed by atoms with Gasteiger partial charge in [-0.05, 0) is 32.4 Å². The van der Waals surface area contributed by atoms with E-state index < -0.39 is 0 Å². The SMILES string of the molecule is Cc1ccc(SC(C)CC(C)(CO)NC(C)C)cc1. The maximum atomic E-state index is 9.61. The van der Waals surface area contributed by atoms with Crippen LogP contribution in [0, 0.1) is 6.92 Å². The van der Waals surface area contributed by atoms with Crippen LogP contribution in [-0.2, 0) is 0 Å². The van der Waals surface area contributed by atoms with Crippen molar-refractivity contribution in [2.45, 2.75) is 62.8 Å². The van der Waals surface area contributed by atoms with Gasteiger partial charge >= 0.3 is 0 Å². The van der Waals surface area contributed by atoms with Crippen molar-refractivity contribution < 1.29 is 5.11 Å². The van der Waals surface area contributed by atoms with E-state index in [1.807, 2.05) is 11.8 Å². The van der Waals surface area contributed by atoms with E-state index in [4.69, 9.17) is 0 Å². The van der Waals surface area contributed by atoms with Crippen LogP contribution in [0.5, 0.6) is 0 Å². The van der Waals surface area contributed by atoms with E-state index in [0.717, 1.165) is 6.42 Å². The summed E-state index contributed by atoms with van der Waals surface area (Å²) in [7, 11) is 0. The van der Waals surface area contributed by atoms with E-state index in [-0.39, 0.29) is 12.1 Å². The lowest BCUT2D eigenvalue weighted by Crippen LogP contribution is -2.50. The highest BCUT2D eigenvalue weighted by Gasteiger charge is 2.26. The van der Waals surface area contributed by atoms with Crippen LogP contribution in [0.2, 0.25) is 0 Å². The first kappa shape index (κ1) is 16.5. The zero-order valence-corrected chi connectivity index (χ0v) is 13.6. The summed E-state index contributed by atoms with van der Waals surface area (Å²) in [5.74, 6) is 0. The summed E-state index contributed by atoms with van der Waals surface area (Å²) < 4.78 is 0. The van der Waals surface area contributed by atoms with E-state index in [0.29, 0.717) is 11.3 Å². The smallest absolute Gasteiger partial charge is 0.0611 e. The normalized spacial score (nSPS) is 16.4. The number of nitrogens with one attached hydrogen (secondary N) is 1. The molecular formula is C16H27NOS. The van der Waals surface area contributed by atoms with Gasteiger partial charge in [-0.2, -0.15) is 0 Å². The molecule has 1 aromatic rings. The summed E-state index contributed by atoms with van der Waals surface area (Å²) in [6, 6.07) is 9.01. The quantitative estimate of drug-likeness (QED) is 0.749. The van der Waals surface area contributed by atoms with Crippen LogP contribution in [0.25, 0.3) is 0 Å². The van der Waals surface area contributed by atoms with Gasteiger partial charge in [0, 0.05) is 21.7 Å². The molecule has 0 bridgehead atoms. The molecule has 3 heteroatoms. The van der Waals surface area contributed by atoms with Gasteiger partial charge in [0.1, 0.15) is 0 Å². The molecule has 108 valence electrons. The van der Waals surface area contributed by atoms with Gasteiger partial charge in [0.05, 0.1) is 6.61 Å². The van der Waals surface area contributed by atoms with Crippen molar-refractivity contribution in [2.75, 3.05) is 6.61 Å². The Balaban J connectivity index is 2.57. The van der Waals surface area contributed by atoms with Crippen LogP contribution >= 0.6 is 11.8 Å². The Hall–Kier alpha value is -0.510. The fourth-order valence-electron chi connectivity index (χ4n) is 2.39. The topological polar surface area (TPSA) is 32.3 Å². The minimum absolute atomic E-state index is 0.171. The third kappa shape index (κ3) is 5.98. The molecule has 19 heavy (non-hydrogen) atoms. The Morgan fingerprint density at radius 2 is 1.79 bits per heavy atom. The number of aliphatic hydroxyl groups excluding tert-OH is 1. The lowest BCUT2D eigenvalue weighted by molar-refractivity contribution is 0.157. The van der Waals surface area contributed by atoms with E-state index in [1.165, 1.54) is 10.5 Å². The van der Waals surface area contributed by atoms with Crippen LogP contribution < -0.4 is 5.32 Å². The van der Waals surface area contributed by atoms with Crippen LogP contribution in [0.4, 0.5) is 0 Å². The van der Waals surface area contributed by atoms with Crippen molar-refractivity contribution in [3.63, 3.8) is 0 Å². The van der Waals surface area contributed by atoms with Gasteiger partial charge in [0.15, 0.2) is 0 Å². The lowest BCUT2D eigenvalue weighted by Gasteiger charge is -2.33. The molecule has 0 aliphatic rings. The zero-order chi connectivity index (χ0) is 14.5. The second-order valence-electron chi connectivity index (χ2n) is 5.96. The molecular weight excluding hydrogens is 254 g/mol. The number of benzene rings is 1. The van der Waals surface area contributed by atoms with Crippen LogP contribution in [0.3, 0.4) is 0 Å². The first-order valence-electron chi connectivity index (χ1n) is 6.96. The molecule has 2 N–H and O–H groups in total. The van der Waals surface area contributed by atoms with Crippen molar-refractivity contribution in [1.82, 2.24) is 5.32 Å². The second kappa shape index (κ2) is 7.32. The van der Waals surface area contributed by atoms with Gasteiger partial charge in [0.2, 0.25) is 0 Å². The molecule has 2 atom stereocenters. The highest BCUT2D eigenvalue weighted by Crippen LogP contribution is 2.29. The number of hydrogen-bond acceptors (Lipinski definition) is 3. The van der Waals surface area contributed by atoms with Gasteiger partial charge in [-0.3, -0.25) is 0 Å². The first-order valence-corrected chi connectivity index (χ1v) is 7.84. The Bertz CT molecular complexity index is 377. The molecule has 0 aliphatic carbocycles. The predicted molar refractivity (Wildman–Crippen MR) is 84.9 cm³/mol. The Kier molecular flexibility index (Phi) is 6.37. The van der Waals surface area contributed by atoms with Gasteiger partial charge < -0.3 is 10.4 Å². The summed E-state index contributed by atoms with van der Waals surface area (Å²) in [4.78, 5) is 1.29. The largest absolute Gasteiger partial charge is 0.394 e. The lowest BCUT2D eigenvalue weighted by atomic mass is 9.96. The summed E-state index contributed by atoms with van der Waals surface area (Å²) in [5, 5.41) is 13.5. The Labute approximate surface area is 122 Å². The minimum atomic E-state index is -0.203. The van der Waals surface area contributed by atoms with Crippen LogP contribution in [0.15, 0.2) is 29.2 Å². The number of aryl methyl sites for hydroxylation is 1. The van der Waals surface area contributed by atoms with Crippen molar-refractivity contribution in [3.05, 3.63) is 29.8 Å². The number of aliphatic hydroxyl groups is 1. The molecule has 0 saturated carbocycles. The summed E-state index contributed by atoms with van der Waals surface area (Å²) in [6.07, 6.45) is 0.945. The number of hydrogen-bond donors (Lipinski definition) is 2. The van der Waals surface area contributed by atoms with Crippen molar-refractivity contribution in [3.8, 4) is 0 Å². The third-order valence-corrected chi connectivity index (χ3v) is 4.20. The summed E-state index contributed by atoms with van der Waals surface area (Å²) >= 11 is 1.87. The fraction of sp³-hybridized carbons (Fsp3) is 0.625. The molecule has 0 spiro atoms. The van der Waals surface area contributed by atoms with E-state index >= 15 is 0 Å². The monoisotopic (exact) mass is 281 g/mol. The second-order valence-corrected chi connectivity index (χ2v) is 7.48. The van der Waals surface area contributed by atoms with Gasteiger partial charge in [-0.15, -0.1) is 11.8 Å². The molecule has 0 aliphatic heterocycles. The molecule has 0 radical (unpaired) electrons. The molecule has 0 fully saturated rings. The average molecular weight is 281 g/mol. The van der Waals surface area contributed by atoms with Crippen molar-refractivity contribution >= 4 is 11.8 Å². The molecule has 2 nitrogen and oxygen atoms in total. The Morgan fingerprint density at radius 1 is 1.21 bits per heavy atom. The maximum Gasteiger partial charge on any atom is 0.0611 e. The highest BCUT2D eigenvalue weighted by atomic mass is 32.2. The van der Waals surface area contributed by atoms with Crippen LogP contribution in [-0.4, -0.2) is 28.5 Å². The molecule has 0 amide bonds. The van der Waals surface area contributed by atoms with E-state index in [9.17, 15) is 5.11 Å². The predicted octanol–water partition coefficient (Wildman–Crippen LogP) is 3.61. The van der Waals surface area contributed by atoms with E-state index in [1.54, 1.807) is 0 Å². The first-order chi connectivity index (χ1) is 8.84. The minimum Gasteiger partial charge on any atom is -0.394 e. The van der Waals surface area contributed by atoms with Crippen LogP contribution in [0.1, 0.15) is 39.7 Å². The van der Waals surface area contributed by atoms with Crippen molar-refractivity contribution in [2.24, 2.45) is 0 Å². The van der Waals surface area contributed by atoms with Gasteiger partial charge in [0.25, 0.3) is 0 Å². The summed E-state index contributed by atoms with van der Waals surface area (Å²) in [5.41, 5.74) is 1.09. The van der Waals surface area contributed by atoms with Gasteiger partial charge in [-0.1, -0.05) is 38.5 Å². The standard InChI is InChI=1S/C16H27NOS/c1-12(2)17-16(5,11-18)10-14(4)19-15-8-6-13(3)7-9-15/h6-9,12,14,17-18H,10-11H2,1-5H3. The third-order valence-electron chi connectivity index (χ3n) is 3.08. The number of rotatable bonds is 7. The fourth-order valence-corrected chi connectivity index (χ4v) is 3.60. The molecule has 0 saturated heterocycles. The molecule has 0 aromatic heterocycles.